The second-order valence-corrected chi connectivity index (χ2v) is 6.51. The zero-order chi connectivity index (χ0) is 18.3. The van der Waals surface area contributed by atoms with Crippen molar-refractivity contribution in [2.75, 3.05) is 13.2 Å². The van der Waals surface area contributed by atoms with Crippen LogP contribution in [0.4, 0.5) is 4.79 Å². The minimum Gasteiger partial charge on any atom is -0.465 e. The Bertz CT molecular complexity index is 538. The van der Waals surface area contributed by atoms with Crippen LogP contribution in [-0.2, 0) is 14.3 Å². The van der Waals surface area contributed by atoms with Crippen molar-refractivity contribution < 1.29 is 24.2 Å². The minimum absolute atomic E-state index is 0.219. The Labute approximate surface area is 143 Å². The molecule has 1 aromatic rings. The van der Waals surface area contributed by atoms with Gasteiger partial charge in [-0.2, -0.15) is 0 Å². The van der Waals surface area contributed by atoms with Crippen LogP contribution in [-0.4, -0.2) is 46.9 Å². The fourth-order valence-corrected chi connectivity index (χ4v) is 2.14. The van der Waals surface area contributed by atoms with Gasteiger partial charge in [0.25, 0.3) is 0 Å². The predicted molar refractivity (Wildman–Crippen MR) is 90.4 cm³/mol. The lowest BCUT2D eigenvalue weighted by Crippen LogP contribution is -2.47. The lowest BCUT2D eigenvalue weighted by Gasteiger charge is -2.33. The maximum Gasteiger partial charge on any atom is 0.411 e. The van der Waals surface area contributed by atoms with Crippen molar-refractivity contribution in [2.24, 2.45) is 0 Å². The fourth-order valence-electron chi connectivity index (χ4n) is 2.14. The third-order valence-electron chi connectivity index (χ3n) is 3.32. The van der Waals surface area contributed by atoms with E-state index in [4.69, 9.17) is 9.47 Å². The highest BCUT2D eigenvalue weighted by molar-refractivity contribution is 5.78. The molecular formula is C18H27NO5. The largest absolute Gasteiger partial charge is 0.465 e. The maximum atomic E-state index is 12.5. The van der Waals surface area contributed by atoms with E-state index >= 15 is 0 Å². The molecule has 2 atom stereocenters. The summed E-state index contributed by atoms with van der Waals surface area (Å²) in [4.78, 5) is 25.5. The number of benzene rings is 1. The summed E-state index contributed by atoms with van der Waals surface area (Å²) in [7, 11) is 0. The van der Waals surface area contributed by atoms with Gasteiger partial charge in [0.2, 0.25) is 0 Å². The molecule has 0 saturated carbocycles. The summed E-state index contributed by atoms with van der Waals surface area (Å²) in [6.07, 6.45) is -1.62. The molecule has 1 amide bonds. The molecule has 0 fully saturated rings. The molecule has 0 aliphatic carbocycles. The molecule has 0 unspecified atom stereocenters. The lowest BCUT2D eigenvalue weighted by molar-refractivity contribution is -0.145. The number of carbonyl (C=O) groups is 2. The van der Waals surface area contributed by atoms with E-state index in [0.29, 0.717) is 5.56 Å². The zero-order valence-electron chi connectivity index (χ0n) is 15.0. The molecule has 1 rings (SSSR count). The summed E-state index contributed by atoms with van der Waals surface area (Å²) in [6, 6.07) is 8.30. The van der Waals surface area contributed by atoms with Crippen LogP contribution in [0.25, 0.3) is 0 Å². The molecule has 0 heterocycles. The molecule has 1 N–H and O–H groups in total. The molecule has 134 valence electrons. The minimum atomic E-state index is -0.951. The molecule has 24 heavy (non-hydrogen) atoms. The van der Waals surface area contributed by atoms with Crippen molar-refractivity contribution in [3.8, 4) is 0 Å². The van der Waals surface area contributed by atoms with Crippen molar-refractivity contribution in [3.63, 3.8) is 0 Å². The Hall–Kier alpha value is -2.08. The molecule has 6 nitrogen and oxygen atoms in total. The van der Waals surface area contributed by atoms with Crippen molar-refractivity contribution in [1.82, 2.24) is 4.90 Å². The second-order valence-electron chi connectivity index (χ2n) is 6.51. The Kier molecular flexibility index (Phi) is 7.22. The Morgan fingerprint density at radius 3 is 2.29 bits per heavy atom. The highest BCUT2D eigenvalue weighted by Crippen LogP contribution is 2.22. The van der Waals surface area contributed by atoms with Crippen LogP contribution in [0, 0.1) is 0 Å². The van der Waals surface area contributed by atoms with Gasteiger partial charge < -0.3 is 14.6 Å². The van der Waals surface area contributed by atoms with E-state index in [2.05, 4.69) is 0 Å². The average molecular weight is 337 g/mol. The van der Waals surface area contributed by atoms with E-state index in [1.54, 1.807) is 58.9 Å². The van der Waals surface area contributed by atoms with Gasteiger partial charge in [0.15, 0.2) is 0 Å². The molecule has 0 radical (unpaired) electrons. The molecule has 0 aromatic heterocycles. The van der Waals surface area contributed by atoms with Gasteiger partial charge in [0, 0.05) is 0 Å². The first-order valence-electron chi connectivity index (χ1n) is 8.04. The second kappa shape index (κ2) is 8.68. The Morgan fingerprint density at radius 2 is 1.79 bits per heavy atom. The molecular weight excluding hydrogens is 310 g/mol. The predicted octanol–water partition coefficient (Wildman–Crippen LogP) is 2.91. The van der Waals surface area contributed by atoms with Gasteiger partial charge in [-0.15, -0.1) is 0 Å². The molecule has 0 saturated heterocycles. The molecule has 0 bridgehead atoms. The number of aliphatic hydroxyl groups excluding tert-OH is 1. The highest BCUT2D eigenvalue weighted by Gasteiger charge is 2.32. The van der Waals surface area contributed by atoms with Crippen LogP contribution in [0.1, 0.15) is 46.3 Å². The summed E-state index contributed by atoms with van der Waals surface area (Å²) >= 11 is 0. The zero-order valence-corrected chi connectivity index (χ0v) is 15.0. The van der Waals surface area contributed by atoms with Crippen LogP contribution < -0.4 is 0 Å². The van der Waals surface area contributed by atoms with Crippen molar-refractivity contribution in [1.29, 1.82) is 0 Å². The van der Waals surface area contributed by atoms with Crippen molar-refractivity contribution in [2.45, 2.75) is 52.4 Å². The number of rotatable bonds is 6. The van der Waals surface area contributed by atoms with Gasteiger partial charge in [-0.3, -0.25) is 9.69 Å². The number of hydrogen-bond donors (Lipinski definition) is 1. The molecule has 0 aliphatic heterocycles. The summed E-state index contributed by atoms with van der Waals surface area (Å²) in [6.45, 7) is 8.52. The van der Waals surface area contributed by atoms with Gasteiger partial charge in [0.05, 0.1) is 18.8 Å². The van der Waals surface area contributed by atoms with E-state index in [0.717, 1.165) is 0 Å². The summed E-state index contributed by atoms with van der Waals surface area (Å²) in [5, 5.41) is 10.5. The first-order valence-corrected chi connectivity index (χ1v) is 8.04. The molecule has 1 aromatic carbocycles. The molecule has 6 heteroatoms. The number of esters is 1. The SMILES string of the molecule is CCOC(=O)CN(C(=O)OC(C)(C)C)[C@H](C)[C@@H](O)c1ccccc1. The molecule has 0 spiro atoms. The number of ether oxygens (including phenoxy) is 2. The first kappa shape index (κ1) is 20.0. The van der Waals surface area contributed by atoms with E-state index in [1.165, 1.54) is 4.90 Å². The number of nitrogens with zero attached hydrogens (tertiary/aromatic N) is 1. The average Bonchev–Trinajstić information content (AvgIpc) is 2.50. The van der Waals surface area contributed by atoms with Crippen molar-refractivity contribution in [3.05, 3.63) is 35.9 Å². The summed E-state index contributed by atoms with van der Waals surface area (Å²) < 4.78 is 10.3. The van der Waals surface area contributed by atoms with Gasteiger partial charge in [0.1, 0.15) is 12.1 Å². The lowest BCUT2D eigenvalue weighted by atomic mass is 10.0. The monoisotopic (exact) mass is 337 g/mol. The fraction of sp³-hybridized carbons (Fsp3) is 0.556. The van der Waals surface area contributed by atoms with Gasteiger partial charge in [-0.05, 0) is 40.2 Å². The number of aliphatic hydroxyl groups is 1. The highest BCUT2D eigenvalue weighted by atomic mass is 16.6. The van der Waals surface area contributed by atoms with Crippen molar-refractivity contribution >= 4 is 12.1 Å². The maximum absolute atomic E-state index is 12.5. The number of hydrogen-bond acceptors (Lipinski definition) is 5. The van der Waals surface area contributed by atoms with Gasteiger partial charge in [-0.1, -0.05) is 30.3 Å². The van der Waals surface area contributed by atoms with Gasteiger partial charge in [-0.25, -0.2) is 4.79 Å². The van der Waals surface area contributed by atoms with E-state index in [1.807, 2.05) is 6.07 Å². The third kappa shape index (κ3) is 6.20. The molecule has 0 aliphatic rings. The smallest absolute Gasteiger partial charge is 0.411 e. The van der Waals surface area contributed by atoms with Crippen LogP contribution in [0.2, 0.25) is 0 Å². The van der Waals surface area contributed by atoms with Gasteiger partial charge >= 0.3 is 12.1 Å². The first-order chi connectivity index (χ1) is 11.2. The Morgan fingerprint density at radius 1 is 1.21 bits per heavy atom. The van der Waals surface area contributed by atoms with E-state index in [-0.39, 0.29) is 13.2 Å². The third-order valence-corrected chi connectivity index (χ3v) is 3.32. The summed E-state index contributed by atoms with van der Waals surface area (Å²) in [5.74, 6) is -0.546. The topological polar surface area (TPSA) is 76.1 Å². The quantitative estimate of drug-likeness (QED) is 0.808. The summed E-state index contributed by atoms with van der Waals surface area (Å²) in [5.41, 5.74) is -0.0519. The van der Waals surface area contributed by atoms with E-state index < -0.39 is 29.8 Å². The standard InChI is InChI=1S/C18H27NO5/c1-6-23-15(20)12-19(17(22)24-18(3,4)5)13(2)16(21)14-10-8-7-9-11-14/h7-11,13,16,21H,6,12H2,1-5H3/t13-,16-/m1/s1. The van der Waals surface area contributed by atoms with E-state index in [9.17, 15) is 14.7 Å². The van der Waals surface area contributed by atoms with Crippen LogP contribution in [0.3, 0.4) is 0 Å². The normalized spacial score (nSPS) is 13.8. The number of carbonyl (C=O) groups excluding carboxylic acids is 2. The Balaban J connectivity index is 2.97. The van der Waals surface area contributed by atoms with Crippen LogP contribution in [0.15, 0.2) is 30.3 Å². The van der Waals surface area contributed by atoms with Crippen LogP contribution in [0.5, 0.6) is 0 Å². The number of amides is 1. The van der Waals surface area contributed by atoms with Crippen LogP contribution >= 0.6 is 0 Å².